The first-order valence-electron chi connectivity index (χ1n) is 3.79. The fourth-order valence-corrected chi connectivity index (χ4v) is 2.06. The molecule has 3 heteroatoms. The van der Waals surface area contributed by atoms with Crippen molar-refractivity contribution < 1.29 is 4.43 Å². The van der Waals surface area contributed by atoms with Crippen LogP contribution in [0.1, 0.15) is 13.3 Å². The predicted molar refractivity (Wildman–Crippen MR) is 47.6 cm³/mol. The monoisotopic (exact) mass is 161 g/mol. The molecule has 1 unspecified atom stereocenters. The number of rotatable bonds is 4. The molecule has 0 aliphatic carbocycles. The first-order chi connectivity index (χ1) is 4.54. The maximum absolute atomic E-state index is 5.45. The minimum absolute atomic E-state index is 0.669. The molecule has 2 N–H and O–H groups in total. The smallest absolute Gasteiger partial charge is 0.189 e. The highest BCUT2D eigenvalue weighted by Crippen LogP contribution is 2.24. The molecule has 0 radical (unpaired) electrons. The van der Waals surface area contributed by atoms with Crippen LogP contribution in [-0.4, -0.2) is 22.0 Å². The Balaban J connectivity index is 3.78. The average molecular weight is 161 g/mol. The molecule has 10 heavy (non-hydrogen) atoms. The van der Waals surface area contributed by atoms with Crippen molar-refractivity contribution >= 4 is 8.32 Å². The quantitative estimate of drug-likeness (QED) is 0.635. The summed E-state index contributed by atoms with van der Waals surface area (Å²) in [6.45, 7) is 7.46. The summed E-state index contributed by atoms with van der Waals surface area (Å²) in [5.41, 5.74) is 6.12. The zero-order chi connectivity index (χ0) is 8.20. The molecule has 0 spiro atoms. The topological polar surface area (TPSA) is 35.2 Å². The van der Waals surface area contributed by atoms with Crippen LogP contribution in [0.4, 0.5) is 0 Å². The lowest BCUT2D eigenvalue weighted by Crippen LogP contribution is -2.34. The molecule has 0 fully saturated rings. The SMILES string of the molecule is CO[Si](C)(C)C(C)CCN. The second-order valence-corrected chi connectivity index (χ2v) is 7.89. The number of hydrogen-bond acceptors (Lipinski definition) is 2. The van der Waals surface area contributed by atoms with Crippen LogP contribution in [-0.2, 0) is 4.43 Å². The summed E-state index contributed by atoms with van der Waals surface area (Å²) in [5.74, 6) is 0. The Morgan fingerprint density at radius 1 is 1.50 bits per heavy atom. The summed E-state index contributed by atoms with van der Waals surface area (Å²) in [6.07, 6.45) is 1.09. The summed E-state index contributed by atoms with van der Waals surface area (Å²) in [4.78, 5) is 0. The highest BCUT2D eigenvalue weighted by molar-refractivity contribution is 6.72. The van der Waals surface area contributed by atoms with E-state index in [0.717, 1.165) is 13.0 Å². The van der Waals surface area contributed by atoms with E-state index in [1.54, 1.807) is 7.11 Å². The fourth-order valence-electron chi connectivity index (χ4n) is 0.799. The van der Waals surface area contributed by atoms with E-state index in [0.29, 0.717) is 5.54 Å². The van der Waals surface area contributed by atoms with Gasteiger partial charge in [0, 0.05) is 7.11 Å². The van der Waals surface area contributed by atoms with E-state index < -0.39 is 8.32 Å². The van der Waals surface area contributed by atoms with Crippen molar-refractivity contribution in [2.75, 3.05) is 13.7 Å². The van der Waals surface area contributed by atoms with Gasteiger partial charge in [-0.2, -0.15) is 0 Å². The molecular weight excluding hydrogens is 142 g/mol. The third-order valence-corrected chi connectivity index (χ3v) is 6.03. The fraction of sp³-hybridized carbons (Fsp3) is 1.00. The molecule has 0 rings (SSSR count). The molecule has 1 atom stereocenters. The maximum atomic E-state index is 5.45. The summed E-state index contributed by atoms with van der Waals surface area (Å²) in [6, 6.07) is 0. The van der Waals surface area contributed by atoms with Crippen LogP contribution < -0.4 is 5.73 Å². The van der Waals surface area contributed by atoms with Crippen LogP contribution >= 0.6 is 0 Å². The lowest BCUT2D eigenvalue weighted by molar-refractivity contribution is 0.389. The second kappa shape index (κ2) is 4.11. The lowest BCUT2D eigenvalue weighted by Gasteiger charge is -2.27. The molecule has 2 nitrogen and oxygen atoms in total. The van der Waals surface area contributed by atoms with Crippen LogP contribution in [0.25, 0.3) is 0 Å². The van der Waals surface area contributed by atoms with Gasteiger partial charge >= 0.3 is 0 Å². The minimum atomic E-state index is -1.38. The lowest BCUT2D eigenvalue weighted by atomic mass is 10.3. The average Bonchev–Trinajstić information content (AvgIpc) is 1.89. The van der Waals surface area contributed by atoms with E-state index >= 15 is 0 Å². The van der Waals surface area contributed by atoms with Gasteiger partial charge in [0.2, 0.25) is 0 Å². The first-order valence-corrected chi connectivity index (χ1v) is 6.78. The van der Waals surface area contributed by atoms with Gasteiger partial charge in [-0.1, -0.05) is 6.92 Å². The van der Waals surface area contributed by atoms with E-state index in [4.69, 9.17) is 10.2 Å². The van der Waals surface area contributed by atoms with Gasteiger partial charge in [-0.3, -0.25) is 0 Å². The van der Waals surface area contributed by atoms with Crippen molar-refractivity contribution in [1.29, 1.82) is 0 Å². The van der Waals surface area contributed by atoms with Crippen molar-refractivity contribution in [2.45, 2.75) is 32.0 Å². The van der Waals surface area contributed by atoms with Crippen molar-refractivity contribution in [3.05, 3.63) is 0 Å². The molecule has 0 saturated carbocycles. The zero-order valence-electron chi connectivity index (χ0n) is 7.48. The summed E-state index contributed by atoms with van der Waals surface area (Å²) in [5, 5.41) is 0. The molecule has 0 aliphatic rings. The van der Waals surface area contributed by atoms with Crippen LogP contribution in [0.2, 0.25) is 18.6 Å². The van der Waals surface area contributed by atoms with Gasteiger partial charge < -0.3 is 10.2 Å². The third kappa shape index (κ3) is 2.81. The zero-order valence-corrected chi connectivity index (χ0v) is 8.48. The van der Waals surface area contributed by atoms with E-state index in [9.17, 15) is 0 Å². The predicted octanol–water partition coefficient (Wildman–Crippen LogP) is 1.58. The number of nitrogens with two attached hydrogens (primary N) is 1. The van der Waals surface area contributed by atoms with E-state index in [1.165, 1.54) is 0 Å². The standard InChI is InChI=1S/C7H19NOSi/c1-7(5-6-8)10(3,4)9-2/h7H,5-6,8H2,1-4H3. The Kier molecular flexibility index (Phi) is 4.16. The molecule has 0 aromatic carbocycles. The molecular formula is C7H19NOSi. The summed E-state index contributed by atoms with van der Waals surface area (Å²) < 4.78 is 5.44. The maximum Gasteiger partial charge on any atom is 0.189 e. The van der Waals surface area contributed by atoms with E-state index in [-0.39, 0.29) is 0 Å². The molecule has 0 aromatic rings. The van der Waals surface area contributed by atoms with E-state index in [1.807, 2.05) is 0 Å². The van der Waals surface area contributed by atoms with Crippen LogP contribution in [0, 0.1) is 0 Å². The highest BCUT2D eigenvalue weighted by atomic mass is 28.4. The molecule has 0 amide bonds. The van der Waals surface area contributed by atoms with Crippen molar-refractivity contribution in [3.63, 3.8) is 0 Å². The van der Waals surface area contributed by atoms with Crippen molar-refractivity contribution in [3.8, 4) is 0 Å². The van der Waals surface area contributed by atoms with Gasteiger partial charge in [0.05, 0.1) is 0 Å². The molecule has 0 aliphatic heterocycles. The molecule has 0 bridgehead atoms. The first kappa shape index (κ1) is 10.1. The Morgan fingerprint density at radius 2 is 2.00 bits per heavy atom. The Morgan fingerprint density at radius 3 is 2.30 bits per heavy atom. The number of hydrogen-bond donors (Lipinski definition) is 1. The largest absolute Gasteiger partial charge is 0.420 e. The minimum Gasteiger partial charge on any atom is -0.420 e. The van der Waals surface area contributed by atoms with Crippen molar-refractivity contribution in [2.24, 2.45) is 5.73 Å². The Bertz CT molecular complexity index is 95.6. The highest BCUT2D eigenvalue weighted by Gasteiger charge is 2.27. The summed E-state index contributed by atoms with van der Waals surface area (Å²) >= 11 is 0. The molecule has 62 valence electrons. The van der Waals surface area contributed by atoms with E-state index in [2.05, 4.69) is 20.0 Å². The normalized spacial score (nSPS) is 15.3. The molecule has 0 aromatic heterocycles. The van der Waals surface area contributed by atoms with Gasteiger partial charge in [-0.15, -0.1) is 0 Å². The Hall–Kier alpha value is 0.137. The van der Waals surface area contributed by atoms with Crippen LogP contribution in [0.5, 0.6) is 0 Å². The van der Waals surface area contributed by atoms with Gasteiger partial charge in [0.25, 0.3) is 0 Å². The van der Waals surface area contributed by atoms with Gasteiger partial charge in [0.1, 0.15) is 0 Å². The van der Waals surface area contributed by atoms with Gasteiger partial charge in [0.15, 0.2) is 8.32 Å². The molecule has 0 saturated heterocycles. The second-order valence-electron chi connectivity index (χ2n) is 3.29. The van der Waals surface area contributed by atoms with Crippen LogP contribution in [0.3, 0.4) is 0 Å². The Labute approximate surface area is 64.9 Å². The van der Waals surface area contributed by atoms with Crippen LogP contribution in [0.15, 0.2) is 0 Å². The molecule has 0 heterocycles. The van der Waals surface area contributed by atoms with Crippen molar-refractivity contribution in [1.82, 2.24) is 0 Å². The third-order valence-electron chi connectivity index (χ3n) is 2.31. The van der Waals surface area contributed by atoms with Gasteiger partial charge in [-0.25, -0.2) is 0 Å². The van der Waals surface area contributed by atoms with Gasteiger partial charge in [-0.05, 0) is 31.6 Å². The summed E-state index contributed by atoms with van der Waals surface area (Å²) in [7, 11) is 0.423.